The molecular formula is C17H15FN4. The molecule has 1 saturated carbocycles. The minimum absolute atomic E-state index is 0.268. The van der Waals surface area contributed by atoms with Crippen LogP contribution in [0, 0.1) is 11.7 Å². The van der Waals surface area contributed by atoms with Gasteiger partial charge in [0.05, 0.1) is 11.2 Å². The number of anilines is 1. The predicted molar refractivity (Wildman–Crippen MR) is 83.9 cm³/mol. The lowest BCUT2D eigenvalue weighted by Gasteiger charge is -2.08. The number of aromatic nitrogens is 3. The van der Waals surface area contributed by atoms with Crippen LogP contribution in [0.3, 0.4) is 0 Å². The fourth-order valence-electron chi connectivity index (χ4n) is 2.44. The van der Waals surface area contributed by atoms with E-state index in [1.165, 1.54) is 25.0 Å². The number of rotatable bonds is 4. The summed E-state index contributed by atoms with van der Waals surface area (Å²) in [6, 6.07) is 10.2. The standard InChI is InChI=1S/C17H15FN4/c18-13-3-1-2-12(8-13)14-6-7-15-16(22-14)17(21-10-20-15)19-9-11-4-5-11/h1-3,6-8,10-11H,4-5,9H2,(H,19,20,21). The minimum atomic E-state index is -0.268. The van der Waals surface area contributed by atoms with Gasteiger partial charge < -0.3 is 5.32 Å². The fourth-order valence-corrected chi connectivity index (χ4v) is 2.44. The van der Waals surface area contributed by atoms with E-state index in [9.17, 15) is 4.39 Å². The van der Waals surface area contributed by atoms with Gasteiger partial charge in [0, 0.05) is 12.1 Å². The average Bonchev–Trinajstić information content (AvgIpc) is 3.37. The van der Waals surface area contributed by atoms with Gasteiger partial charge in [-0.05, 0) is 43.0 Å². The lowest BCUT2D eigenvalue weighted by atomic mass is 10.1. The molecule has 2 aromatic heterocycles. The molecule has 1 aromatic carbocycles. The molecule has 1 aliphatic carbocycles. The highest BCUT2D eigenvalue weighted by molar-refractivity contribution is 5.86. The third-order valence-electron chi connectivity index (χ3n) is 3.86. The van der Waals surface area contributed by atoms with E-state index in [1.807, 2.05) is 18.2 Å². The van der Waals surface area contributed by atoms with Crippen LogP contribution in [-0.4, -0.2) is 21.5 Å². The predicted octanol–water partition coefficient (Wildman–Crippen LogP) is 3.65. The lowest BCUT2D eigenvalue weighted by molar-refractivity contribution is 0.628. The molecule has 110 valence electrons. The van der Waals surface area contributed by atoms with Crippen LogP contribution in [0.15, 0.2) is 42.7 Å². The molecule has 3 aromatic rings. The summed E-state index contributed by atoms with van der Waals surface area (Å²) in [6.45, 7) is 0.915. The minimum Gasteiger partial charge on any atom is -0.368 e. The van der Waals surface area contributed by atoms with Crippen LogP contribution in [0.1, 0.15) is 12.8 Å². The fraction of sp³-hybridized carbons (Fsp3) is 0.235. The van der Waals surface area contributed by atoms with E-state index in [0.717, 1.165) is 40.6 Å². The highest BCUT2D eigenvalue weighted by Gasteiger charge is 2.21. The number of fused-ring (bicyclic) bond motifs is 1. The van der Waals surface area contributed by atoms with Gasteiger partial charge in [-0.1, -0.05) is 12.1 Å². The molecule has 2 heterocycles. The van der Waals surface area contributed by atoms with Gasteiger partial charge in [0.2, 0.25) is 0 Å². The second kappa shape index (κ2) is 5.33. The highest BCUT2D eigenvalue weighted by Crippen LogP contribution is 2.30. The Morgan fingerprint density at radius 3 is 2.86 bits per heavy atom. The molecule has 4 rings (SSSR count). The maximum atomic E-state index is 13.4. The Kier molecular flexibility index (Phi) is 3.18. The number of nitrogens with one attached hydrogen (secondary N) is 1. The summed E-state index contributed by atoms with van der Waals surface area (Å²) in [5.41, 5.74) is 2.98. The molecule has 5 heteroatoms. The molecule has 0 bridgehead atoms. The van der Waals surface area contributed by atoms with Gasteiger partial charge in [0.1, 0.15) is 17.7 Å². The smallest absolute Gasteiger partial charge is 0.156 e. The number of halogens is 1. The Morgan fingerprint density at radius 2 is 2.05 bits per heavy atom. The lowest BCUT2D eigenvalue weighted by Crippen LogP contribution is -2.06. The first kappa shape index (κ1) is 13.1. The van der Waals surface area contributed by atoms with Crippen LogP contribution in [0.25, 0.3) is 22.3 Å². The van der Waals surface area contributed by atoms with Gasteiger partial charge in [-0.3, -0.25) is 0 Å². The first-order valence-corrected chi connectivity index (χ1v) is 7.41. The van der Waals surface area contributed by atoms with Crippen LogP contribution < -0.4 is 5.32 Å². The van der Waals surface area contributed by atoms with Crippen molar-refractivity contribution in [1.82, 2.24) is 15.0 Å². The van der Waals surface area contributed by atoms with E-state index in [1.54, 1.807) is 12.4 Å². The van der Waals surface area contributed by atoms with E-state index in [-0.39, 0.29) is 5.82 Å². The third-order valence-corrected chi connectivity index (χ3v) is 3.86. The zero-order chi connectivity index (χ0) is 14.9. The molecule has 1 fully saturated rings. The van der Waals surface area contributed by atoms with Crippen LogP contribution >= 0.6 is 0 Å². The van der Waals surface area contributed by atoms with Crippen LogP contribution in [0.5, 0.6) is 0 Å². The summed E-state index contributed by atoms with van der Waals surface area (Å²) in [7, 11) is 0. The Morgan fingerprint density at radius 1 is 1.14 bits per heavy atom. The number of hydrogen-bond acceptors (Lipinski definition) is 4. The summed E-state index contributed by atoms with van der Waals surface area (Å²) in [6.07, 6.45) is 4.09. The molecule has 1 N–H and O–H groups in total. The van der Waals surface area contributed by atoms with E-state index in [0.29, 0.717) is 0 Å². The Labute approximate surface area is 127 Å². The monoisotopic (exact) mass is 294 g/mol. The van der Waals surface area contributed by atoms with E-state index >= 15 is 0 Å². The van der Waals surface area contributed by atoms with E-state index in [4.69, 9.17) is 0 Å². The van der Waals surface area contributed by atoms with Crippen molar-refractivity contribution in [3.8, 4) is 11.3 Å². The van der Waals surface area contributed by atoms with Gasteiger partial charge in [0.15, 0.2) is 5.82 Å². The number of nitrogens with zero attached hydrogens (tertiary/aromatic N) is 3. The Balaban J connectivity index is 1.75. The molecule has 0 amide bonds. The molecule has 0 aliphatic heterocycles. The van der Waals surface area contributed by atoms with Crippen LogP contribution in [-0.2, 0) is 0 Å². The number of hydrogen-bond donors (Lipinski definition) is 1. The zero-order valence-corrected chi connectivity index (χ0v) is 12.0. The van der Waals surface area contributed by atoms with Gasteiger partial charge in [-0.15, -0.1) is 0 Å². The van der Waals surface area contributed by atoms with Crippen molar-refractivity contribution in [1.29, 1.82) is 0 Å². The van der Waals surface area contributed by atoms with Crippen LogP contribution in [0.2, 0.25) is 0 Å². The second-order valence-corrected chi connectivity index (χ2v) is 5.62. The molecule has 0 unspecified atom stereocenters. The zero-order valence-electron chi connectivity index (χ0n) is 12.0. The Hall–Kier alpha value is -2.56. The summed E-state index contributed by atoms with van der Waals surface area (Å²) in [5, 5.41) is 3.35. The van der Waals surface area contributed by atoms with Crippen molar-refractivity contribution in [3.05, 3.63) is 48.5 Å². The van der Waals surface area contributed by atoms with Crippen molar-refractivity contribution in [2.24, 2.45) is 5.92 Å². The summed E-state index contributed by atoms with van der Waals surface area (Å²) >= 11 is 0. The molecule has 0 saturated heterocycles. The normalized spacial score (nSPS) is 14.2. The van der Waals surface area contributed by atoms with Crippen molar-refractivity contribution in [2.75, 3.05) is 11.9 Å². The maximum Gasteiger partial charge on any atom is 0.156 e. The molecular weight excluding hydrogens is 279 g/mol. The Bertz CT molecular complexity index is 830. The summed E-state index contributed by atoms with van der Waals surface area (Å²) in [5.74, 6) is 1.22. The molecule has 0 atom stereocenters. The first-order chi connectivity index (χ1) is 10.8. The molecule has 0 spiro atoms. The summed E-state index contributed by atoms with van der Waals surface area (Å²) < 4.78 is 13.4. The quantitative estimate of drug-likeness (QED) is 0.798. The van der Waals surface area contributed by atoms with Crippen molar-refractivity contribution in [3.63, 3.8) is 0 Å². The maximum absolute atomic E-state index is 13.4. The van der Waals surface area contributed by atoms with Crippen molar-refractivity contribution in [2.45, 2.75) is 12.8 Å². The van der Waals surface area contributed by atoms with Crippen molar-refractivity contribution >= 4 is 16.9 Å². The first-order valence-electron chi connectivity index (χ1n) is 7.41. The van der Waals surface area contributed by atoms with Gasteiger partial charge >= 0.3 is 0 Å². The summed E-state index contributed by atoms with van der Waals surface area (Å²) in [4.78, 5) is 13.2. The third kappa shape index (κ3) is 2.62. The average molecular weight is 294 g/mol. The van der Waals surface area contributed by atoms with Crippen molar-refractivity contribution < 1.29 is 4.39 Å². The highest BCUT2D eigenvalue weighted by atomic mass is 19.1. The topological polar surface area (TPSA) is 50.7 Å². The largest absolute Gasteiger partial charge is 0.368 e. The van der Waals surface area contributed by atoms with Crippen LogP contribution in [0.4, 0.5) is 10.2 Å². The second-order valence-electron chi connectivity index (χ2n) is 5.62. The molecule has 4 nitrogen and oxygen atoms in total. The number of benzene rings is 1. The van der Waals surface area contributed by atoms with Gasteiger partial charge in [0.25, 0.3) is 0 Å². The van der Waals surface area contributed by atoms with Gasteiger partial charge in [-0.25, -0.2) is 19.3 Å². The molecule has 0 radical (unpaired) electrons. The van der Waals surface area contributed by atoms with E-state index in [2.05, 4.69) is 20.3 Å². The number of pyridine rings is 1. The van der Waals surface area contributed by atoms with Gasteiger partial charge in [-0.2, -0.15) is 0 Å². The molecule has 1 aliphatic rings. The van der Waals surface area contributed by atoms with E-state index < -0.39 is 0 Å². The molecule has 22 heavy (non-hydrogen) atoms. The SMILES string of the molecule is Fc1cccc(-c2ccc3ncnc(NCC4CC4)c3n2)c1.